The minimum Gasteiger partial charge on any atom is -0.497 e. The zero-order chi connectivity index (χ0) is 18.4. The van der Waals surface area contributed by atoms with Crippen LogP contribution in [-0.2, 0) is 11.3 Å². The summed E-state index contributed by atoms with van der Waals surface area (Å²) in [5.41, 5.74) is 2.03. The van der Waals surface area contributed by atoms with Gasteiger partial charge >= 0.3 is 0 Å². The standard InChI is InChI=1S/C21H30N2O3/c1-16-20(15-23-12-10-17(11-13-23)5-4-14-24-2)22-21(26-16)18-6-8-19(25-3)9-7-18/h6-9,17H,4-5,10-15H2,1-3H3. The van der Waals surface area contributed by atoms with Crippen molar-refractivity contribution in [3.8, 4) is 17.2 Å². The average molecular weight is 358 g/mol. The molecule has 26 heavy (non-hydrogen) atoms. The zero-order valence-electron chi connectivity index (χ0n) is 16.2. The topological polar surface area (TPSA) is 47.7 Å². The van der Waals surface area contributed by atoms with E-state index in [0.717, 1.165) is 54.9 Å². The maximum atomic E-state index is 5.91. The fourth-order valence-corrected chi connectivity index (χ4v) is 3.59. The van der Waals surface area contributed by atoms with Crippen molar-refractivity contribution in [3.63, 3.8) is 0 Å². The van der Waals surface area contributed by atoms with E-state index in [4.69, 9.17) is 18.9 Å². The largest absolute Gasteiger partial charge is 0.497 e. The molecule has 1 aliphatic heterocycles. The minimum atomic E-state index is 0.689. The molecule has 0 bridgehead atoms. The Morgan fingerprint density at radius 2 is 1.88 bits per heavy atom. The van der Waals surface area contributed by atoms with Crippen molar-refractivity contribution in [2.24, 2.45) is 5.92 Å². The van der Waals surface area contributed by atoms with Gasteiger partial charge in [0.05, 0.1) is 12.8 Å². The number of rotatable bonds is 8. The molecule has 1 fully saturated rings. The molecule has 0 atom stereocenters. The fraction of sp³-hybridized carbons (Fsp3) is 0.571. The van der Waals surface area contributed by atoms with Crippen molar-refractivity contribution < 1.29 is 13.9 Å². The van der Waals surface area contributed by atoms with Gasteiger partial charge < -0.3 is 13.9 Å². The van der Waals surface area contributed by atoms with E-state index >= 15 is 0 Å². The van der Waals surface area contributed by atoms with Crippen LogP contribution in [0, 0.1) is 12.8 Å². The van der Waals surface area contributed by atoms with Crippen LogP contribution in [0.5, 0.6) is 5.75 Å². The number of ether oxygens (including phenoxy) is 2. The molecule has 1 aromatic carbocycles. The highest BCUT2D eigenvalue weighted by Gasteiger charge is 2.21. The summed E-state index contributed by atoms with van der Waals surface area (Å²) >= 11 is 0. The molecule has 5 heteroatoms. The second kappa shape index (κ2) is 9.19. The Morgan fingerprint density at radius 3 is 2.54 bits per heavy atom. The highest BCUT2D eigenvalue weighted by molar-refractivity contribution is 5.55. The van der Waals surface area contributed by atoms with Crippen molar-refractivity contribution in [1.82, 2.24) is 9.88 Å². The maximum absolute atomic E-state index is 5.91. The van der Waals surface area contributed by atoms with Crippen molar-refractivity contribution in [2.45, 2.75) is 39.2 Å². The van der Waals surface area contributed by atoms with Gasteiger partial charge in [0.15, 0.2) is 0 Å². The number of aryl methyl sites for hydroxylation is 1. The van der Waals surface area contributed by atoms with Gasteiger partial charge in [-0.1, -0.05) is 0 Å². The van der Waals surface area contributed by atoms with Gasteiger partial charge in [-0.15, -0.1) is 0 Å². The summed E-state index contributed by atoms with van der Waals surface area (Å²) in [6, 6.07) is 7.84. The van der Waals surface area contributed by atoms with E-state index in [1.807, 2.05) is 31.2 Å². The summed E-state index contributed by atoms with van der Waals surface area (Å²) in [5.74, 6) is 3.29. The summed E-state index contributed by atoms with van der Waals surface area (Å²) < 4.78 is 16.3. The van der Waals surface area contributed by atoms with Crippen molar-refractivity contribution in [1.29, 1.82) is 0 Å². The fourth-order valence-electron chi connectivity index (χ4n) is 3.59. The van der Waals surface area contributed by atoms with E-state index in [1.165, 1.54) is 25.7 Å². The van der Waals surface area contributed by atoms with Crippen LogP contribution >= 0.6 is 0 Å². The normalized spacial score (nSPS) is 16.1. The Balaban J connectivity index is 1.55. The van der Waals surface area contributed by atoms with E-state index in [0.29, 0.717) is 5.89 Å². The predicted molar refractivity (Wildman–Crippen MR) is 102 cm³/mol. The molecule has 5 nitrogen and oxygen atoms in total. The van der Waals surface area contributed by atoms with Gasteiger partial charge in [0.25, 0.3) is 0 Å². The molecule has 0 amide bonds. The van der Waals surface area contributed by atoms with Gasteiger partial charge in [-0.2, -0.15) is 0 Å². The predicted octanol–water partition coefficient (Wildman–Crippen LogP) is 4.30. The first-order valence-electron chi connectivity index (χ1n) is 9.51. The second-order valence-electron chi connectivity index (χ2n) is 7.10. The number of aromatic nitrogens is 1. The first-order valence-corrected chi connectivity index (χ1v) is 9.51. The number of hydrogen-bond acceptors (Lipinski definition) is 5. The SMILES string of the molecule is COCCCC1CCN(Cc2nc(-c3ccc(OC)cc3)oc2C)CC1. The van der Waals surface area contributed by atoms with Crippen LogP contribution in [0.4, 0.5) is 0 Å². The number of likely N-dealkylation sites (tertiary alicyclic amines) is 1. The number of oxazole rings is 1. The maximum Gasteiger partial charge on any atom is 0.226 e. The highest BCUT2D eigenvalue weighted by Crippen LogP contribution is 2.27. The van der Waals surface area contributed by atoms with Gasteiger partial charge in [-0.3, -0.25) is 4.90 Å². The lowest BCUT2D eigenvalue weighted by Gasteiger charge is -2.31. The Labute approximate surface area is 156 Å². The molecule has 0 unspecified atom stereocenters. The lowest BCUT2D eigenvalue weighted by Crippen LogP contribution is -2.33. The van der Waals surface area contributed by atoms with Gasteiger partial charge in [0.1, 0.15) is 11.5 Å². The molecule has 0 saturated carbocycles. The summed E-state index contributed by atoms with van der Waals surface area (Å²) in [5, 5.41) is 0. The van der Waals surface area contributed by atoms with Crippen LogP contribution in [0.2, 0.25) is 0 Å². The van der Waals surface area contributed by atoms with Crippen LogP contribution in [0.3, 0.4) is 0 Å². The molecule has 1 saturated heterocycles. The third-order valence-corrected chi connectivity index (χ3v) is 5.27. The monoisotopic (exact) mass is 358 g/mol. The van der Waals surface area contributed by atoms with Gasteiger partial charge in [-0.05, 0) is 75.9 Å². The first-order chi connectivity index (χ1) is 12.7. The summed E-state index contributed by atoms with van der Waals surface area (Å²) in [7, 11) is 3.45. The lowest BCUT2D eigenvalue weighted by molar-refractivity contribution is 0.150. The Morgan fingerprint density at radius 1 is 1.15 bits per heavy atom. The van der Waals surface area contributed by atoms with Gasteiger partial charge in [0.2, 0.25) is 5.89 Å². The van der Waals surface area contributed by atoms with Crippen LogP contribution in [0.1, 0.15) is 37.1 Å². The number of benzene rings is 1. The van der Waals surface area contributed by atoms with Crippen LogP contribution in [0.25, 0.3) is 11.5 Å². The summed E-state index contributed by atoms with van der Waals surface area (Å²) in [6.07, 6.45) is 5.00. The van der Waals surface area contributed by atoms with Crippen LogP contribution in [-0.4, -0.2) is 43.8 Å². The number of nitrogens with zero attached hydrogens (tertiary/aromatic N) is 2. The second-order valence-corrected chi connectivity index (χ2v) is 7.10. The molecule has 1 aliphatic rings. The van der Waals surface area contributed by atoms with E-state index in [-0.39, 0.29) is 0 Å². The summed E-state index contributed by atoms with van der Waals surface area (Å²) in [6.45, 7) is 6.04. The Bertz CT molecular complexity index is 673. The summed E-state index contributed by atoms with van der Waals surface area (Å²) in [4.78, 5) is 7.24. The molecule has 0 N–H and O–H groups in total. The Hall–Kier alpha value is -1.85. The third kappa shape index (κ3) is 4.86. The molecule has 142 valence electrons. The molecular weight excluding hydrogens is 328 g/mol. The number of methoxy groups -OCH3 is 2. The van der Waals surface area contributed by atoms with E-state index < -0.39 is 0 Å². The molecule has 0 aliphatic carbocycles. The molecule has 3 rings (SSSR count). The molecule has 1 aromatic heterocycles. The Kier molecular flexibility index (Phi) is 6.69. The van der Waals surface area contributed by atoms with Gasteiger partial charge in [-0.25, -0.2) is 4.98 Å². The molecule has 0 radical (unpaired) electrons. The van der Waals surface area contributed by atoms with Crippen LogP contribution in [0.15, 0.2) is 28.7 Å². The zero-order valence-corrected chi connectivity index (χ0v) is 16.2. The number of hydrogen-bond donors (Lipinski definition) is 0. The van der Waals surface area contributed by atoms with Crippen molar-refractivity contribution in [2.75, 3.05) is 33.9 Å². The highest BCUT2D eigenvalue weighted by atomic mass is 16.5. The van der Waals surface area contributed by atoms with Crippen LogP contribution < -0.4 is 4.74 Å². The van der Waals surface area contributed by atoms with E-state index in [9.17, 15) is 0 Å². The quantitative estimate of drug-likeness (QED) is 0.659. The lowest BCUT2D eigenvalue weighted by atomic mass is 9.92. The number of piperidine rings is 1. The van der Waals surface area contributed by atoms with Gasteiger partial charge in [0, 0.05) is 25.8 Å². The average Bonchev–Trinajstić information content (AvgIpc) is 3.04. The molecular formula is C21H30N2O3. The van der Waals surface area contributed by atoms with Crippen molar-refractivity contribution in [3.05, 3.63) is 35.7 Å². The molecule has 2 heterocycles. The third-order valence-electron chi connectivity index (χ3n) is 5.27. The molecule has 2 aromatic rings. The van der Waals surface area contributed by atoms with E-state index in [1.54, 1.807) is 14.2 Å². The molecule has 0 spiro atoms. The first kappa shape index (κ1) is 18.9. The van der Waals surface area contributed by atoms with Crippen molar-refractivity contribution >= 4 is 0 Å². The van der Waals surface area contributed by atoms with E-state index in [2.05, 4.69) is 4.90 Å². The smallest absolute Gasteiger partial charge is 0.226 e. The minimum absolute atomic E-state index is 0.689.